The van der Waals surface area contributed by atoms with E-state index in [2.05, 4.69) is 47.8 Å². The fourth-order valence-electron chi connectivity index (χ4n) is 1.78. The smallest absolute Gasteiger partial charge is 0.0344 e. The molecular weight excluding hydrogens is 202 g/mol. The highest BCUT2D eigenvalue weighted by atomic mass is 32.2. The van der Waals surface area contributed by atoms with Crippen molar-refractivity contribution in [3.63, 3.8) is 0 Å². The van der Waals surface area contributed by atoms with Gasteiger partial charge in [-0.25, -0.2) is 0 Å². The highest BCUT2D eigenvalue weighted by Crippen LogP contribution is 2.28. The molecule has 1 saturated heterocycles. The summed E-state index contributed by atoms with van der Waals surface area (Å²) in [6.07, 6.45) is 0. The molecule has 1 aliphatic rings. The van der Waals surface area contributed by atoms with E-state index < -0.39 is 0 Å². The molecule has 1 heterocycles. The quantitative estimate of drug-likeness (QED) is 0.826. The fraction of sp³-hybridized carbons (Fsp3) is 0.231. The molecule has 0 saturated carbocycles. The first kappa shape index (κ1) is 9.25. The summed E-state index contributed by atoms with van der Waals surface area (Å²) in [7, 11) is 0. The molecule has 0 unspecified atom stereocenters. The maximum Gasteiger partial charge on any atom is 0.0344 e. The lowest BCUT2D eigenvalue weighted by atomic mass is 10.1. The molecule has 1 nitrogen and oxygen atoms in total. The summed E-state index contributed by atoms with van der Waals surface area (Å²) in [6, 6.07) is 15.3. The van der Waals surface area contributed by atoms with Crippen LogP contribution in [0.1, 0.15) is 0 Å². The third-order valence-corrected chi connectivity index (χ3v) is 3.96. The average Bonchev–Trinajstić information content (AvgIpc) is 2.23. The topological polar surface area (TPSA) is 12.0 Å². The Kier molecular flexibility index (Phi) is 2.39. The van der Waals surface area contributed by atoms with E-state index in [1.54, 1.807) is 0 Å². The van der Waals surface area contributed by atoms with E-state index in [1.807, 2.05) is 11.8 Å². The zero-order valence-electron chi connectivity index (χ0n) is 8.44. The van der Waals surface area contributed by atoms with Crippen molar-refractivity contribution in [3.8, 4) is 0 Å². The summed E-state index contributed by atoms with van der Waals surface area (Å²) < 4.78 is 0. The summed E-state index contributed by atoms with van der Waals surface area (Å²) in [6.45, 7) is 2.30. The van der Waals surface area contributed by atoms with Crippen LogP contribution in [0.15, 0.2) is 47.4 Å². The SMILES string of the molecule is c1ccc2cc(SC3CNC3)ccc2c1. The number of fused-ring (bicyclic) bond motifs is 1. The normalized spacial score (nSPS) is 16.5. The highest BCUT2D eigenvalue weighted by molar-refractivity contribution is 8.00. The van der Waals surface area contributed by atoms with Crippen LogP contribution in [0, 0.1) is 0 Å². The molecule has 2 heteroatoms. The van der Waals surface area contributed by atoms with E-state index in [9.17, 15) is 0 Å². The third kappa shape index (κ3) is 1.87. The third-order valence-electron chi connectivity index (χ3n) is 2.77. The molecule has 0 aromatic heterocycles. The molecule has 0 radical (unpaired) electrons. The Balaban J connectivity index is 1.91. The highest BCUT2D eigenvalue weighted by Gasteiger charge is 2.17. The van der Waals surface area contributed by atoms with Crippen LogP contribution in [0.2, 0.25) is 0 Å². The van der Waals surface area contributed by atoms with Gasteiger partial charge in [-0.15, -0.1) is 11.8 Å². The van der Waals surface area contributed by atoms with Gasteiger partial charge in [-0.2, -0.15) is 0 Å². The molecule has 3 rings (SSSR count). The minimum absolute atomic E-state index is 0.770. The molecule has 76 valence electrons. The second kappa shape index (κ2) is 3.87. The standard InChI is InChI=1S/C13H13NS/c1-2-4-11-7-12(6-5-10(11)3-1)15-13-8-14-9-13/h1-7,13-14H,8-9H2. The van der Waals surface area contributed by atoms with Crippen LogP contribution < -0.4 is 5.32 Å². The molecule has 0 atom stereocenters. The molecule has 1 aliphatic heterocycles. The van der Waals surface area contributed by atoms with Gasteiger partial charge < -0.3 is 5.32 Å². The van der Waals surface area contributed by atoms with Crippen molar-refractivity contribution in [3.05, 3.63) is 42.5 Å². The molecule has 2 aromatic carbocycles. The maximum absolute atomic E-state index is 3.30. The monoisotopic (exact) mass is 215 g/mol. The van der Waals surface area contributed by atoms with Crippen LogP contribution in [0.3, 0.4) is 0 Å². The second-order valence-corrected chi connectivity index (χ2v) is 5.28. The van der Waals surface area contributed by atoms with Gasteiger partial charge >= 0.3 is 0 Å². The zero-order chi connectivity index (χ0) is 10.1. The maximum atomic E-state index is 3.30. The number of hydrogen-bond donors (Lipinski definition) is 1. The van der Waals surface area contributed by atoms with Gasteiger partial charge in [-0.1, -0.05) is 30.3 Å². The molecule has 0 spiro atoms. The van der Waals surface area contributed by atoms with Crippen LogP contribution in [0.5, 0.6) is 0 Å². The second-order valence-electron chi connectivity index (χ2n) is 3.91. The lowest BCUT2D eigenvalue weighted by molar-refractivity contribution is 0.544. The van der Waals surface area contributed by atoms with Gasteiger partial charge in [0.05, 0.1) is 0 Å². The Hall–Kier alpha value is -0.990. The Bertz CT molecular complexity index is 477. The average molecular weight is 215 g/mol. The minimum Gasteiger partial charge on any atom is -0.314 e. The van der Waals surface area contributed by atoms with Gasteiger partial charge in [0, 0.05) is 23.2 Å². The molecule has 2 aromatic rings. The summed E-state index contributed by atoms with van der Waals surface area (Å²) in [4.78, 5) is 1.39. The number of nitrogens with one attached hydrogen (secondary N) is 1. The van der Waals surface area contributed by atoms with Gasteiger partial charge in [-0.3, -0.25) is 0 Å². The Morgan fingerprint density at radius 2 is 1.80 bits per heavy atom. The Morgan fingerprint density at radius 1 is 1.00 bits per heavy atom. The zero-order valence-corrected chi connectivity index (χ0v) is 9.26. The first-order valence-corrected chi connectivity index (χ1v) is 6.16. The number of hydrogen-bond acceptors (Lipinski definition) is 2. The molecular formula is C13H13NS. The van der Waals surface area contributed by atoms with Crippen molar-refractivity contribution in [2.45, 2.75) is 10.1 Å². The van der Waals surface area contributed by atoms with Crippen LogP contribution in [-0.4, -0.2) is 18.3 Å². The number of rotatable bonds is 2. The van der Waals surface area contributed by atoms with E-state index in [1.165, 1.54) is 15.7 Å². The number of thioether (sulfide) groups is 1. The molecule has 0 bridgehead atoms. The van der Waals surface area contributed by atoms with Crippen molar-refractivity contribution in [2.24, 2.45) is 0 Å². The van der Waals surface area contributed by atoms with Gasteiger partial charge in [0.2, 0.25) is 0 Å². The predicted molar refractivity (Wildman–Crippen MR) is 66.5 cm³/mol. The van der Waals surface area contributed by atoms with Crippen molar-refractivity contribution in [1.82, 2.24) is 5.32 Å². The number of benzene rings is 2. The van der Waals surface area contributed by atoms with Gasteiger partial charge in [0.25, 0.3) is 0 Å². The van der Waals surface area contributed by atoms with Gasteiger partial charge in [-0.05, 0) is 22.9 Å². The van der Waals surface area contributed by atoms with E-state index in [4.69, 9.17) is 0 Å². The van der Waals surface area contributed by atoms with E-state index in [-0.39, 0.29) is 0 Å². The molecule has 1 fully saturated rings. The first-order valence-electron chi connectivity index (χ1n) is 5.28. The first-order chi connectivity index (χ1) is 7.42. The molecule has 1 N–H and O–H groups in total. The summed E-state index contributed by atoms with van der Waals surface area (Å²) in [5.41, 5.74) is 0. The summed E-state index contributed by atoms with van der Waals surface area (Å²) in [5.74, 6) is 0. The van der Waals surface area contributed by atoms with Gasteiger partial charge in [0.1, 0.15) is 0 Å². The Morgan fingerprint density at radius 3 is 2.53 bits per heavy atom. The van der Waals surface area contributed by atoms with Crippen molar-refractivity contribution < 1.29 is 0 Å². The van der Waals surface area contributed by atoms with E-state index in [0.717, 1.165) is 18.3 Å². The summed E-state index contributed by atoms with van der Waals surface area (Å²) >= 11 is 1.98. The van der Waals surface area contributed by atoms with E-state index >= 15 is 0 Å². The molecule has 0 aliphatic carbocycles. The van der Waals surface area contributed by atoms with Crippen LogP contribution in [-0.2, 0) is 0 Å². The predicted octanol–water partition coefficient (Wildman–Crippen LogP) is 2.90. The summed E-state index contributed by atoms with van der Waals surface area (Å²) in [5, 5.41) is 6.74. The molecule has 0 amide bonds. The van der Waals surface area contributed by atoms with Crippen molar-refractivity contribution in [1.29, 1.82) is 0 Å². The van der Waals surface area contributed by atoms with Gasteiger partial charge in [0.15, 0.2) is 0 Å². The Labute approximate surface area is 93.9 Å². The molecule has 15 heavy (non-hydrogen) atoms. The minimum atomic E-state index is 0.770. The van der Waals surface area contributed by atoms with E-state index in [0.29, 0.717) is 0 Å². The lowest BCUT2D eigenvalue weighted by Gasteiger charge is -2.26. The fourth-order valence-corrected chi connectivity index (χ4v) is 2.91. The van der Waals surface area contributed by atoms with Crippen LogP contribution in [0.25, 0.3) is 10.8 Å². The van der Waals surface area contributed by atoms with Crippen LogP contribution in [0.4, 0.5) is 0 Å². The largest absolute Gasteiger partial charge is 0.314 e. The van der Waals surface area contributed by atoms with Crippen LogP contribution >= 0.6 is 11.8 Å². The van der Waals surface area contributed by atoms with Crippen molar-refractivity contribution >= 4 is 22.5 Å². The lowest BCUT2D eigenvalue weighted by Crippen LogP contribution is -2.44. The van der Waals surface area contributed by atoms with Crippen molar-refractivity contribution in [2.75, 3.05) is 13.1 Å².